The fraction of sp³-hybridized carbons (Fsp3) is 0.263. The molecule has 0 radical (unpaired) electrons. The van der Waals surface area contributed by atoms with Crippen LogP contribution in [0.3, 0.4) is 0 Å². The van der Waals surface area contributed by atoms with E-state index in [4.69, 9.17) is 5.11 Å². The topological polar surface area (TPSA) is 66.4 Å². The van der Waals surface area contributed by atoms with E-state index < -0.39 is 5.97 Å². The van der Waals surface area contributed by atoms with Gasteiger partial charge in [-0.3, -0.25) is 9.59 Å². The van der Waals surface area contributed by atoms with Gasteiger partial charge in [-0.1, -0.05) is 60.2 Å². The summed E-state index contributed by atoms with van der Waals surface area (Å²) in [5, 5.41) is 11.3. The molecule has 0 bridgehead atoms. The second-order valence-corrected chi connectivity index (χ2v) is 5.57. The normalized spacial score (nSPS) is 11.7. The fourth-order valence-electron chi connectivity index (χ4n) is 2.48. The molecule has 0 heterocycles. The zero-order chi connectivity index (χ0) is 16.7. The molecule has 23 heavy (non-hydrogen) atoms. The SMILES string of the molecule is Cc1ccc([C@H](CC(=O)NCCC(=O)O)c2ccccc2)cc1. The Morgan fingerprint density at radius 2 is 1.61 bits per heavy atom. The first kappa shape index (κ1) is 16.7. The van der Waals surface area contributed by atoms with Gasteiger partial charge in [-0.05, 0) is 18.1 Å². The Morgan fingerprint density at radius 3 is 2.22 bits per heavy atom. The van der Waals surface area contributed by atoms with Gasteiger partial charge in [0.25, 0.3) is 0 Å². The van der Waals surface area contributed by atoms with Crippen LogP contribution in [0.1, 0.15) is 35.4 Å². The Hall–Kier alpha value is -2.62. The van der Waals surface area contributed by atoms with Gasteiger partial charge in [0.2, 0.25) is 5.91 Å². The number of carbonyl (C=O) groups excluding carboxylic acids is 1. The molecule has 4 heteroatoms. The summed E-state index contributed by atoms with van der Waals surface area (Å²) in [4.78, 5) is 22.7. The summed E-state index contributed by atoms with van der Waals surface area (Å²) >= 11 is 0. The van der Waals surface area contributed by atoms with Crippen molar-refractivity contribution < 1.29 is 14.7 Å². The Labute approximate surface area is 136 Å². The molecule has 2 aromatic rings. The van der Waals surface area contributed by atoms with Gasteiger partial charge in [-0.15, -0.1) is 0 Å². The van der Waals surface area contributed by atoms with Gasteiger partial charge in [-0.2, -0.15) is 0 Å². The van der Waals surface area contributed by atoms with E-state index in [9.17, 15) is 9.59 Å². The van der Waals surface area contributed by atoms with E-state index in [0.29, 0.717) is 6.42 Å². The van der Waals surface area contributed by atoms with Crippen molar-refractivity contribution in [1.29, 1.82) is 0 Å². The van der Waals surface area contributed by atoms with Crippen molar-refractivity contribution in [3.63, 3.8) is 0 Å². The molecule has 0 unspecified atom stereocenters. The molecule has 0 aliphatic rings. The molecular formula is C19H21NO3. The maximum Gasteiger partial charge on any atom is 0.305 e. The van der Waals surface area contributed by atoms with Crippen molar-refractivity contribution >= 4 is 11.9 Å². The third-order valence-electron chi connectivity index (χ3n) is 3.73. The van der Waals surface area contributed by atoms with Gasteiger partial charge in [0.05, 0.1) is 6.42 Å². The monoisotopic (exact) mass is 311 g/mol. The standard InChI is InChI=1S/C19H21NO3/c1-14-7-9-16(10-8-14)17(15-5-3-2-4-6-15)13-18(21)20-12-11-19(22)23/h2-10,17H,11-13H2,1H3,(H,20,21)(H,22,23)/t17-/m1/s1. The lowest BCUT2D eigenvalue weighted by Crippen LogP contribution is -2.27. The lowest BCUT2D eigenvalue weighted by Gasteiger charge is -2.18. The zero-order valence-corrected chi connectivity index (χ0v) is 13.2. The molecule has 0 spiro atoms. The molecule has 1 atom stereocenters. The number of carboxylic acid groups (broad SMARTS) is 1. The summed E-state index contributed by atoms with van der Waals surface area (Å²) in [5.41, 5.74) is 3.33. The number of hydrogen-bond donors (Lipinski definition) is 2. The van der Waals surface area contributed by atoms with E-state index in [1.807, 2.05) is 61.5 Å². The van der Waals surface area contributed by atoms with Crippen molar-refractivity contribution in [3.8, 4) is 0 Å². The van der Waals surface area contributed by atoms with E-state index >= 15 is 0 Å². The van der Waals surface area contributed by atoms with Gasteiger partial charge in [-0.25, -0.2) is 0 Å². The van der Waals surface area contributed by atoms with E-state index in [0.717, 1.165) is 11.1 Å². The average Bonchev–Trinajstić information content (AvgIpc) is 2.54. The number of carbonyl (C=O) groups is 2. The van der Waals surface area contributed by atoms with Crippen LogP contribution < -0.4 is 5.32 Å². The maximum atomic E-state index is 12.1. The van der Waals surface area contributed by atoms with Crippen LogP contribution in [0.15, 0.2) is 54.6 Å². The molecule has 0 aliphatic carbocycles. The summed E-state index contributed by atoms with van der Waals surface area (Å²) in [6, 6.07) is 18.0. The largest absolute Gasteiger partial charge is 0.481 e. The van der Waals surface area contributed by atoms with E-state index in [1.165, 1.54) is 5.56 Å². The molecule has 120 valence electrons. The van der Waals surface area contributed by atoms with E-state index in [2.05, 4.69) is 5.32 Å². The maximum absolute atomic E-state index is 12.1. The lowest BCUT2D eigenvalue weighted by atomic mass is 9.88. The predicted octanol–water partition coefficient (Wildman–Crippen LogP) is 3.11. The van der Waals surface area contributed by atoms with Crippen LogP contribution in [0, 0.1) is 6.92 Å². The minimum atomic E-state index is -0.913. The molecule has 2 aromatic carbocycles. The summed E-state index contributed by atoms with van der Waals surface area (Å²) < 4.78 is 0. The minimum Gasteiger partial charge on any atom is -0.481 e. The molecule has 0 aliphatic heterocycles. The Kier molecular flexibility index (Phi) is 5.92. The summed E-state index contributed by atoms with van der Waals surface area (Å²) in [6.07, 6.45) is 0.235. The molecule has 4 nitrogen and oxygen atoms in total. The number of hydrogen-bond acceptors (Lipinski definition) is 2. The van der Waals surface area contributed by atoms with E-state index in [1.54, 1.807) is 0 Å². The van der Waals surface area contributed by atoms with Crippen LogP contribution in [0.25, 0.3) is 0 Å². The second-order valence-electron chi connectivity index (χ2n) is 5.57. The molecule has 2 N–H and O–H groups in total. The van der Waals surface area contributed by atoms with Crippen molar-refractivity contribution in [1.82, 2.24) is 5.32 Å². The highest BCUT2D eigenvalue weighted by Crippen LogP contribution is 2.28. The Bertz CT molecular complexity index is 650. The Balaban J connectivity index is 2.13. The van der Waals surface area contributed by atoms with Crippen LogP contribution in [0.5, 0.6) is 0 Å². The molecule has 2 rings (SSSR count). The van der Waals surface area contributed by atoms with Crippen molar-refractivity contribution in [2.24, 2.45) is 0 Å². The van der Waals surface area contributed by atoms with Crippen molar-refractivity contribution in [2.45, 2.75) is 25.7 Å². The zero-order valence-electron chi connectivity index (χ0n) is 13.2. The average molecular weight is 311 g/mol. The van der Waals surface area contributed by atoms with Crippen LogP contribution in [0.4, 0.5) is 0 Å². The van der Waals surface area contributed by atoms with Crippen LogP contribution in [0.2, 0.25) is 0 Å². The van der Waals surface area contributed by atoms with Gasteiger partial charge in [0.1, 0.15) is 0 Å². The van der Waals surface area contributed by atoms with Crippen molar-refractivity contribution in [3.05, 3.63) is 71.3 Å². The summed E-state index contributed by atoms with van der Waals surface area (Å²) in [5.74, 6) is -1.09. The third-order valence-corrected chi connectivity index (χ3v) is 3.73. The smallest absolute Gasteiger partial charge is 0.305 e. The summed E-state index contributed by atoms with van der Waals surface area (Å²) in [7, 11) is 0. The number of carboxylic acids is 1. The first-order valence-corrected chi connectivity index (χ1v) is 7.66. The highest BCUT2D eigenvalue weighted by atomic mass is 16.4. The summed E-state index contributed by atoms with van der Waals surface area (Å²) in [6.45, 7) is 2.18. The molecule has 0 fully saturated rings. The van der Waals surface area contributed by atoms with Crippen LogP contribution in [-0.4, -0.2) is 23.5 Å². The third kappa shape index (κ3) is 5.25. The number of amides is 1. The number of aryl methyl sites for hydroxylation is 1. The van der Waals surface area contributed by atoms with Gasteiger partial charge < -0.3 is 10.4 Å². The molecule has 0 saturated heterocycles. The Morgan fingerprint density at radius 1 is 1.00 bits per heavy atom. The van der Waals surface area contributed by atoms with Crippen LogP contribution >= 0.6 is 0 Å². The van der Waals surface area contributed by atoms with Crippen LogP contribution in [-0.2, 0) is 9.59 Å². The first-order valence-electron chi connectivity index (χ1n) is 7.66. The molecule has 0 aromatic heterocycles. The minimum absolute atomic E-state index is 0.0402. The highest BCUT2D eigenvalue weighted by Gasteiger charge is 2.18. The predicted molar refractivity (Wildman–Crippen MR) is 89.3 cm³/mol. The second kappa shape index (κ2) is 8.13. The fourth-order valence-corrected chi connectivity index (χ4v) is 2.48. The van der Waals surface area contributed by atoms with E-state index in [-0.39, 0.29) is 24.8 Å². The number of benzene rings is 2. The van der Waals surface area contributed by atoms with Gasteiger partial charge >= 0.3 is 5.97 Å². The van der Waals surface area contributed by atoms with Gasteiger partial charge in [0.15, 0.2) is 0 Å². The van der Waals surface area contributed by atoms with Gasteiger partial charge in [0, 0.05) is 18.9 Å². The molecule has 0 saturated carbocycles. The lowest BCUT2D eigenvalue weighted by molar-refractivity contribution is -0.136. The highest BCUT2D eigenvalue weighted by molar-refractivity contribution is 5.78. The first-order chi connectivity index (χ1) is 11.1. The number of aliphatic carboxylic acids is 1. The quantitative estimate of drug-likeness (QED) is 0.825. The molecular weight excluding hydrogens is 290 g/mol. The number of rotatable bonds is 7. The number of nitrogens with one attached hydrogen (secondary N) is 1. The van der Waals surface area contributed by atoms with Crippen molar-refractivity contribution in [2.75, 3.05) is 6.54 Å². The molecule has 1 amide bonds.